The molecule has 4 heterocycles. The van der Waals surface area contributed by atoms with Gasteiger partial charge in [0.1, 0.15) is 17.9 Å². The Balaban J connectivity index is 1.19. The standard InChI is InChI=1S/C29H37ClN7O2P/c1-40(2,38)26-6-4-3-5-23(26)33-28-22(30)19-32-29(35-28)34-24-7-8-25(21-11-18-39-27(21)24)37-14-9-20(10-15-37)36-16-12-31-13-17-36/h3-8,19-20,31H,9-18H2,1-2H3,(H2,32,33,34,35). The van der Waals surface area contributed by atoms with Crippen molar-refractivity contribution in [3.8, 4) is 5.75 Å². The molecule has 3 aliphatic rings. The Morgan fingerprint density at radius 2 is 1.80 bits per heavy atom. The number of halogens is 1. The zero-order valence-electron chi connectivity index (χ0n) is 23.1. The molecule has 0 radical (unpaired) electrons. The van der Waals surface area contributed by atoms with Crippen LogP contribution in [0, 0.1) is 0 Å². The molecule has 2 saturated heterocycles. The number of piperazine rings is 1. The van der Waals surface area contributed by atoms with Gasteiger partial charge in [-0.15, -0.1) is 0 Å². The molecule has 0 bridgehead atoms. The van der Waals surface area contributed by atoms with Crippen LogP contribution in [0.4, 0.5) is 28.8 Å². The minimum Gasteiger partial charge on any atom is -0.491 e. The van der Waals surface area contributed by atoms with Crippen LogP contribution >= 0.6 is 18.7 Å². The van der Waals surface area contributed by atoms with Crippen LogP contribution in [0.2, 0.25) is 5.02 Å². The Hall–Kier alpha value is -2.84. The van der Waals surface area contributed by atoms with E-state index in [1.807, 2.05) is 24.3 Å². The Labute approximate surface area is 241 Å². The van der Waals surface area contributed by atoms with Gasteiger partial charge in [0, 0.05) is 68.3 Å². The number of hydrogen-bond donors (Lipinski definition) is 3. The van der Waals surface area contributed by atoms with E-state index < -0.39 is 7.14 Å². The van der Waals surface area contributed by atoms with Crippen molar-refractivity contribution in [3.05, 3.63) is 53.2 Å². The predicted molar refractivity (Wildman–Crippen MR) is 164 cm³/mol. The molecular weight excluding hydrogens is 545 g/mol. The molecule has 3 aromatic rings. The lowest BCUT2D eigenvalue weighted by Crippen LogP contribution is -2.52. The number of nitrogens with one attached hydrogen (secondary N) is 3. The van der Waals surface area contributed by atoms with Gasteiger partial charge in [-0.2, -0.15) is 4.98 Å². The predicted octanol–water partition coefficient (Wildman–Crippen LogP) is 4.67. The number of fused-ring (bicyclic) bond motifs is 1. The summed E-state index contributed by atoms with van der Waals surface area (Å²) < 4.78 is 18.9. The number of para-hydroxylation sites is 1. The Bertz CT molecular complexity index is 1420. The molecule has 0 atom stereocenters. The third-order valence-corrected chi connectivity index (χ3v) is 9.86. The van der Waals surface area contributed by atoms with Gasteiger partial charge in [0.15, 0.2) is 5.82 Å². The number of ether oxygens (including phenoxy) is 1. The highest BCUT2D eigenvalue weighted by Crippen LogP contribution is 2.42. The second-order valence-corrected chi connectivity index (χ2v) is 14.6. The molecule has 2 aromatic carbocycles. The molecule has 9 nitrogen and oxygen atoms in total. The second-order valence-electron chi connectivity index (χ2n) is 11.1. The largest absolute Gasteiger partial charge is 0.491 e. The lowest BCUT2D eigenvalue weighted by Gasteiger charge is -2.41. The van der Waals surface area contributed by atoms with E-state index in [9.17, 15) is 4.57 Å². The fourth-order valence-corrected chi connectivity index (χ4v) is 7.30. The molecule has 0 spiro atoms. The molecule has 3 N–H and O–H groups in total. The quantitative estimate of drug-likeness (QED) is 0.344. The van der Waals surface area contributed by atoms with E-state index in [4.69, 9.17) is 16.3 Å². The van der Waals surface area contributed by atoms with E-state index in [-0.39, 0.29) is 0 Å². The summed E-state index contributed by atoms with van der Waals surface area (Å²) in [5.74, 6) is 1.72. The first-order valence-electron chi connectivity index (χ1n) is 14.1. The van der Waals surface area contributed by atoms with E-state index >= 15 is 0 Å². The van der Waals surface area contributed by atoms with Gasteiger partial charge >= 0.3 is 0 Å². The van der Waals surface area contributed by atoms with Crippen LogP contribution in [-0.4, -0.2) is 80.1 Å². The first-order chi connectivity index (χ1) is 19.4. The van der Waals surface area contributed by atoms with Crippen molar-refractivity contribution < 1.29 is 9.30 Å². The monoisotopic (exact) mass is 581 g/mol. The van der Waals surface area contributed by atoms with Crippen LogP contribution in [0.15, 0.2) is 42.6 Å². The number of hydrogen-bond acceptors (Lipinski definition) is 9. The van der Waals surface area contributed by atoms with Crippen LogP contribution in [0.3, 0.4) is 0 Å². The highest BCUT2D eigenvalue weighted by atomic mass is 35.5. The second kappa shape index (κ2) is 11.6. The zero-order valence-corrected chi connectivity index (χ0v) is 24.8. The molecule has 0 aliphatic carbocycles. The molecule has 3 aliphatic heterocycles. The SMILES string of the molecule is CP(C)(=O)c1ccccc1Nc1nc(Nc2ccc(N3CCC(N4CCNCC4)CC3)c3c2OCC3)ncc1Cl. The highest BCUT2D eigenvalue weighted by Gasteiger charge is 2.29. The van der Waals surface area contributed by atoms with Gasteiger partial charge in [-0.05, 0) is 50.4 Å². The molecule has 0 unspecified atom stereocenters. The fraction of sp³-hybridized carbons (Fsp3) is 0.448. The van der Waals surface area contributed by atoms with Crippen molar-refractivity contribution in [2.45, 2.75) is 25.3 Å². The van der Waals surface area contributed by atoms with Crippen LogP contribution < -0.4 is 30.9 Å². The average molecular weight is 582 g/mol. The Kier molecular flexibility index (Phi) is 7.91. The van der Waals surface area contributed by atoms with Crippen LogP contribution in [0.1, 0.15) is 18.4 Å². The molecule has 0 saturated carbocycles. The molecule has 1 aromatic heterocycles. The van der Waals surface area contributed by atoms with E-state index in [1.54, 1.807) is 19.5 Å². The number of anilines is 5. The first kappa shape index (κ1) is 27.3. The van der Waals surface area contributed by atoms with E-state index in [0.717, 1.165) is 68.1 Å². The first-order valence-corrected chi connectivity index (χ1v) is 17.0. The maximum atomic E-state index is 12.8. The number of piperidine rings is 1. The summed E-state index contributed by atoms with van der Waals surface area (Å²) in [6.07, 6.45) is 4.84. The van der Waals surface area contributed by atoms with Gasteiger partial charge in [0.25, 0.3) is 0 Å². The third kappa shape index (κ3) is 5.79. The summed E-state index contributed by atoms with van der Waals surface area (Å²) in [5, 5.41) is 11.2. The van der Waals surface area contributed by atoms with E-state index in [2.05, 4.69) is 47.9 Å². The van der Waals surface area contributed by atoms with Gasteiger partial charge in [0.05, 0.1) is 24.2 Å². The van der Waals surface area contributed by atoms with Gasteiger partial charge in [-0.25, -0.2) is 4.98 Å². The lowest BCUT2D eigenvalue weighted by atomic mass is 10.00. The van der Waals surface area contributed by atoms with Crippen LogP contribution in [0.25, 0.3) is 0 Å². The van der Waals surface area contributed by atoms with Crippen molar-refractivity contribution in [3.63, 3.8) is 0 Å². The van der Waals surface area contributed by atoms with Gasteiger partial charge in [-0.3, -0.25) is 4.90 Å². The third-order valence-electron chi connectivity index (χ3n) is 8.04. The van der Waals surface area contributed by atoms with Crippen molar-refractivity contribution in [2.75, 3.05) is 74.7 Å². The van der Waals surface area contributed by atoms with Gasteiger partial charge < -0.3 is 30.2 Å². The summed E-state index contributed by atoms with van der Waals surface area (Å²) >= 11 is 6.46. The van der Waals surface area contributed by atoms with Crippen LogP contribution in [0.5, 0.6) is 5.75 Å². The Morgan fingerprint density at radius 3 is 2.58 bits per heavy atom. The maximum absolute atomic E-state index is 12.8. The summed E-state index contributed by atoms with van der Waals surface area (Å²) in [5.41, 5.74) is 4.08. The molecule has 40 heavy (non-hydrogen) atoms. The van der Waals surface area contributed by atoms with E-state index in [1.165, 1.54) is 24.1 Å². The highest BCUT2D eigenvalue weighted by molar-refractivity contribution is 7.70. The molecule has 2 fully saturated rings. The smallest absolute Gasteiger partial charge is 0.229 e. The minimum absolute atomic E-state index is 0.378. The molecule has 11 heteroatoms. The number of aromatic nitrogens is 2. The summed E-state index contributed by atoms with van der Waals surface area (Å²) in [4.78, 5) is 14.2. The van der Waals surface area contributed by atoms with Crippen molar-refractivity contribution >= 4 is 52.9 Å². The van der Waals surface area contributed by atoms with Crippen molar-refractivity contribution in [1.29, 1.82) is 0 Å². The van der Waals surface area contributed by atoms with E-state index in [0.29, 0.717) is 29.4 Å². The Morgan fingerprint density at radius 1 is 1.02 bits per heavy atom. The normalized spacial score (nSPS) is 18.3. The van der Waals surface area contributed by atoms with Crippen LogP contribution in [-0.2, 0) is 11.0 Å². The minimum atomic E-state index is -2.50. The van der Waals surface area contributed by atoms with Gasteiger partial charge in [-0.1, -0.05) is 23.7 Å². The zero-order chi connectivity index (χ0) is 27.7. The fourth-order valence-electron chi connectivity index (χ4n) is 6.00. The molecule has 0 amide bonds. The van der Waals surface area contributed by atoms with Gasteiger partial charge in [0.2, 0.25) is 5.95 Å². The number of rotatable bonds is 7. The topological polar surface area (TPSA) is 94.7 Å². The summed E-state index contributed by atoms with van der Waals surface area (Å²) in [7, 11) is -2.50. The molecule has 212 valence electrons. The molecular formula is C29H37ClN7O2P. The average Bonchev–Trinajstić information content (AvgIpc) is 3.46. The maximum Gasteiger partial charge on any atom is 0.229 e. The van der Waals surface area contributed by atoms with Crippen molar-refractivity contribution in [2.24, 2.45) is 0 Å². The number of nitrogens with zero attached hydrogens (tertiary/aromatic N) is 4. The number of benzene rings is 2. The summed E-state index contributed by atoms with van der Waals surface area (Å²) in [6.45, 7) is 10.8. The van der Waals surface area contributed by atoms with Crippen molar-refractivity contribution in [1.82, 2.24) is 20.2 Å². The summed E-state index contributed by atoms with van der Waals surface area (Å²) in [6, 6.07) is 12.5. The molecule has 6 rings (SSSR count). The lowest BCUT2D eigenvalue weighted by molar-refractivity contribution is 0.150.